The Bertz CT molecular complexity index is 1040. The van der Waals surface area contributed by atoms with Crippen molar-refractivity contribution in [2.45, 2.75) is 23.6 Å². The lowest BCUT2D eigenvalue weighted by Gasteiger charge is -2.06. The second kappa shape index (κ2) is 9.63. The fraction of sp³-hybridized carbons (Fsp3) is 0.0833. The molecule has 0 radical (unpaired) electrons. The van der Waals surface area contributed by atoms with Crippen molar-refractivity contribution in [2.75, 3.05) is 0 Å². The van der Waals surface area contributed by atoms with Gasteiger partial charge in [0, 0.05) is 9.79 Å². The summed E-state index contributed by atoms with van der Waals surface area (Å²) >= 11 is 5.93. The highest BCUT2D eigenvalue weighted by Gasteiger charge is 2.27. The molecule has 0 spiro atoms. The zero-order valence-electron chi connectivity index (χ0n) is 16.2. The third-order valence-electron chi connectivity index (χ3n) is 4.31. The Morgan fingerprint density at radius 2 is 1.76 bits per heavy atom. The average molecular weight is 420 g/mol. The first kappa shape index (κ1) is 21.0. The summed E-state index contributed by atoms with van der Waals surface area (Å²) < 4.78 is 0. The van der Waals surface area contributed by atoms with Gasteiger partial charge in [-0.05, 0) is 60.2 Å². The molecular weight excluding hydrogens is 398 g/mol. The number of carbonyl (C=O) groups excluding carboxylic acids is 2. The van der Waals surface area contributed by atoms with Gasteiger partial charge >= 0.3 is 0 Å². The van der Waals surface area contributed by atoms with Crippen LogP contribution in [-0.2, 0) is 9.59 Å². The lowest BCUT2D eigenvalue weighted by Crippen LogP contribution is -2.15. The van der Waals surface area contributed by atoms with E-state index in [9.17, 15) is 9.59 Å². The summed E-state index contributed by atoms with van der Waals surface area (Å²) in [6, 6.07) is 15.2. The van der Waals surface area contributed by atoms with E-state index in [4.69, 9.17) is 0 Å². The predicted octanol–water partition coefficient (Wildman–Crippen LogP) is 5.67. The normalized spacial score (nSPS) is 16.0. The van der Waals surface area contributed by atoms with Crippen LogP contribution in [0.3, 0.4) is 0 Å². The zero-order valence-corrected chi connectivity index (χ0v) is 17.9. The summed E-state index contributed by atoms with van der Waals surface area (Å²) in [6.07, 6.45) is 8.50. The highest BCUT2D eigenvalue weighted by molar-refractivity contribution is 8.03. The molecule has 0 unspecified atom stereocenters. The summed E-state index contributed by atoms with van der Waals surface area (Å²) in [6.45, 7) is 4.04. The molecule has 29 heavy (non-hydrogen) atoms. The average Bonchev–Trinajstić information content (AvgIpc) is 3.04. The maximum absolute atomic E-state index is 12.5. The number of hydrogen-bond acceptors (Lipinski definition) is 4. The molecule has 1 amide bonds. The van der Waals surface area contributed by atoms with Crippen molar-refractivity contribution in [1.82, 2.24) is 5.32 Å². The Kier molecular flexibility index (Phi) is 6.96. The van der Waals surface area contributed by atoms with Crippen molar-refractivity contribution in [2.24, 2.45) is 0 Å². The van der Waals surface area contributed by atoms with Gasteiger partial charge in [-0.1, -0.05) is 54.3 Å². The Balaban J connectivity index is 1.89. The molecule has 1 aliphatic rings. The van der Waals surface area contributed by atoms with E-state index >= 15 is 0 Å². The van der Waals surface area contributed by atoms with E-state index < -0.39 is 0 Å². The molecule has 1 aliphatic heterocycles. The molecule has 146 valence electrons. The van der Waals surface area contributed by atoms with E-state index in [0.29, 0.717) is 16.8 Å². The molecule has 2 aromatic carbocycles. The van der Waals surface area contributed by atoms with E-state index in [-0.39, 0.29) is 5.91 Å². The topological polar surface area (TPSA) is 46.2 Å². The Morgan fingerprint density at radius 3 is 2.38 bits per heavy atom. The van der Waals surface area contributed by atoms with E-state index in [1.54, 1.807) is 17.8 Å². The molecule has 0 saturated heterocycles. The smallest absolute Gasteiger partial charge is 0.256 e. The third kappa shape index (κ3) is 5.19. The van der Waals surface area contributed by atoms with Crippen molar-refractivity contribution in [3.05, 3.63) is 93.9 Å². The highest BCUT2D eigenvalue weighted by atomic mass is 32.2. The van der Waals surface area contributed by atoms with Crippen LogP contribution in [0, 0.1) is 0 Å². The van der Waals surface area contributed by atoms with E-state index in [0.717, 1.165) is 27.2 Å². The van der Waals surface area contributed by atoms with Gasteiger partial charge in [0.2, 0.25) is 0 Å². The minimum absolute atomic E-state index is 0.277. The first-order chi connectivity index (χ1) is 14.0. The maximum atomic E-state index is 12.5. The molecule has 1 heterocycles. The van der Waals surface area contributed by atoms with Gasteiger partial charge < -0.3 is 5.32 Å². The quantitative estimate of drug-likeness (QED) is 0.208. The Morgan fingerprint density at radius 1 is 1.07 bits per heavy atom. The number of thiol groups is 1. The fourth-order valence-corrected chi connectivity index (χ4v) is 3.82. The van der Waals surface area contributed by atoms with Crippen LogP contribution < -0.4 is 5.32 Å². The van der Waals surface area contributed by atoms with Crippen LogP contribution in [0.15, 0.2) is 92.6 Å². The molecule has 0 fully saturated rings. The molecule has 0 bridgehead atoms. The maximum Gasteiger partial charge on any atom is 0.256 e. The van der Waals surface area contributed by atoms with Gasteiger partial charge in [0.25, 0.3) is 5.91 Å². The number of allylic oxidation sites excluding steroid dienone is 4. The van der Waals surface area contributed by atoms with Crippen molar-refractivity contribution < 1.29 is 9.59 Å². The molecule has 1 N–H and O–H groups in total. The first-order valence-electron chi connectivity index (χ1n) is 9.11. The predicted molar refractivity (Wildman–Crippen MR) is 124 cm³/mol. The number of amides is 1. The summed E-state index contributed by atoms with van der Waals surface area (Å²) in [5.41, 5.74) is 2.91. The molecule has 0 aliphatic carbocycles. The largest absolute Gasteiger partial charge is 0.321 e. The van der Waals surface area contributed by atoms with Crippen LogP contribution in [0.5, 0.6) is 0 Å². The molecule has 0 atom stereocenters. The molecule has 3 nitrogen and oxygen atoms in total. The minimum atomic E-state index is -0.277. The second-order valence-corrected chi connectivity index (χ2v) is 8.28. The van der Waals surface area contributed by atoms with Gasteiger partial charge in [-0.15, -0.1) is 12.6 Å². The minimum Gasteiger partial charge on any atom is -0.321 e. The van der Waals surface area contributed by atoms with Crippen molar-refractivity contribution in [3.8, 4) is 0 Å². The van der Waals surface area contributed by atoms with Gasteiger partial charge in [-0.2, -0.15) is 0 Å². The standard InChI is InChI=1S/C24H21NO2S2/c1-3-4-5-16(2)29-20-12-8-18(9-13-20)23-22(15-26)21(24(27)25-23)14-17-6-10-19(28)11-7-17/h3-15,28H,1-2H3,(H,25,27)/b4-3-,16-5+,21-14-. The van der Waals surface area contributed by atoms with Crippen LogP contribution in [0.2, 0.25) is 0 Å². The van der Waals surface area contributed by atoms with Gasteiger partial charge in [-0.3, -0.25) is 9.59 Å². The molecule has 0 saturated carbocycles. The van der Waals surface area contributed by atoms with E-state index in [2.05, 4.69) is 30.9 Å². The number of aldehydes is 1. The molecule has 5 heteroatoms. The van der Waals surface area contributed by atoms with Crippen LogP contribution >= 0.6 is 24.4 Å². The van der Waals surface area contributed by atoms with E-state index in [1.165, 1.54) is 4.91 Å². The Hall–Kier alpha value is -2.76. The summed E-state index contributed by atoms with van der Waals surface area (Å²) in [5, 5.41) is 2.84. The fourth-order valence-electron chi connectivity index (χ4n) is 2.88. The molecule has 0 aromatic heterocycles. The van der Waals surface area contributed by atoms with Crippen LogP contribution in [-0.4, -0.2) is 12.2 Å². The summed E-state index contributed by atoms with van der Waals surface area (Å²) in [5.74, 6) is -0.277. The van der Waals surface area contributed by atoms with Crippen molar-refractivity contribution in [1.29, 1.82) is 0 Å². The monoisotopic (exact) mass is 419 g/mol. The third-order valence-corrected chi connectivity index (χ3v) is 5.57. The van der Waals surface area contributed by atoms with Crippen molar-refractivity contribution in [3.63, 3.8) is 0 Å². The lowest BCUT2D eigenvalue weighted by molar-refractivity contribution is -0.116. The van der Waals surface area contributed by atoms with Gasteiger partial charge in [0.15, 0.2) is 6.29 Å². The number of carbonyl (C=O) groups is 2. The van der Waals surface area contributed by atoms with Gasteiger partial charge in [0.1, 0.15) is 0 Å². The number of rotatable bonds is 6. The molecular formula is C24H21NO2S2. The highest BCUT2D eigenvalue weighted by Crippen LogP contribution is 2.31. The number of nitrogens with one attached hydrogen (secondary N) is 1. The SMILES string of the molecule is C/C=C\C=C(/C)Sc1ccc(C2=C(C=O)/C(=C/c3ccc(S)cc3)C(=O)N2)cc1. The molecule has 3 rings (SSSR count). The number of hydrogen-bond donors (Lipinski definition) is 2. The van der Waals surface area contributed by atoms with Gasteiger partial charge in [-0.25, -0.2) is 0 Å². The van der Waals surface area contributed by atoms with Crippen molar-refractivity contribution >= 4 is 48.4 Å². The number of thioether (sulfide) groups is 1. The zero-order chi connectivity index (χ0) is 20.8. The first-order valence-corrected chi connectivity index (χ1v) is 10.4. The van der Waals surface area contributed by atoms with Gasteiger partial charge in [0.05, 0.1) is 16.8 Å². The summed E-state index contributed by atoms with van der Waals surface area (Å²) in [7, 11) is 0. The second-order valence-electron chi connectivity index (χ2n) is 6.44. The number of benzene rings is 2. The van der Waals surface area contributed by atoms with Crippen LogP contribution in [0.1, 0.15) is 25.0 Å². The van der Waals surface area contributed by atoms with Crippen LogP contribution in [0.4, 0.5) is 0 Å². The Labute approximate surface area is 180 Å². The summed E-state index contributed by atoms with van der Waals surface area (Å²) in [4.78, 5) is 27.4. The lowest BCUT2D eigenvalue weighted by atomic mass is 10.0. The molecule has 2 aromatic rings. The van der Waals surface area contributed by atoms with E-state index in [1.807, 2.05) is 67.6 Å². The van der Waals surface area contributed by atoms with Crippen LogP contribution in [0.25, 0.3) is 11.8 Å².